The highest BCUT2D eigenvalue weighted by molar-refractivity contribution is 9.10. The lowest BCUT2D eigenvalue weighted by Crippen LogP contribution is -2.26. The number of carbonyl (C=O) groups is 1. The van der Waals surface area contributed by atoms with Crippen molar-refractivity contribution in [1.29, 1.82) is 0 Å². The third kappa shape index (κ3) is 3.19. The fourth-order valence-corrected chi connectivity index (χ4v) is 2.26. The molecule has 0 saturated carbocycles. The Morgan fingerprint density at radius 3 is 2.80 bits per heavy atom. The summed E-state index contributed by atoms with van der Waals surface area (Å²) in [4.78, 5) is 13.7. The third-order valence-electron chi connectivity index (χ3n) is 2.84. The number of nitrogens with zero attached hydrogens (tertiary/aromatic N) is 2. The van der Waals surface area contributed by atoms with Crippen LogP contribution in [0, 0.1) is 6.92 Å². The van der Waals surface area contributed by atoms with E-state index >= 15 is 0 Å². The number of hydrogen-bond donors (Lipinski definition) is 0. The molecule has 0 saturated heterocycles. The third-order valence-corrected chi connectivity index (χ3v) is 3.33. The predicted octanol–water partition coefficient (Wildman–Crippen LogP) is 3.03. The maximum absolute atomic E-state index is 12.2. The van der Waals surface area contributed by atoms with Gasteiger partial charge in [-0.1, -0.05) is 21.1 Å². The average molecular weight is 339 g/mol. The maximum atomic E-state index is 12.2. The van der Waals surface area contributed by atoms with E-state index in [1.807, 2.05) is 18.2 Å². The molecule has 1 amide bonds. The zero-order valence-electron chi connectivity index (χ0n) is 11.5. The first-order valence-corrected chi connectivity index (χ1v) is 6.81. The summed E-state index contributed by atoms with van der Waals surface area (Å²) in [6, 6.07) is 7.30. The van der Waals surface area contributed by atoms with Crippen LogP contribution in [0.3, 0.4) is 0 Å². The molecule has 0 spiro atoms. The fraction of sp³-hybridized carbons (Fsp3) is 0.286. The normalized spacial score (nSPS) is 10.4. The first kappa shape index (κ1) is 14.6. The lowest BCUT2D eigenvalue weighted by atomic mass is 10.2. The van der Waals surface area contributed by atoms with Crippen LogP contribution in [0.5, 0.6) is 5.75 Å². The van der Waals surface area contributed by atoms with Gasteiger partial charge in [-0.05, 0) is 25.1 Å². The summed E-state index contributed by atoms with van der Waals surface area (Å²) in [5.74, 6) is 0.758. The Kier molecular flexibility index (Phi) is 4.44. The summed E-state index contributed by atoms with van der Waals surface area (Å²) in [6.45, 7) is 2.19. The number of ether oxygens (including phenoxy) is 1. The Morgan fingerprint density at radius 1 is 1.45 bits per heavy atom. The molecular weight excluding hydrogens is 324 g/mol. The molecule has 0 unspecified atom stereocenters. The molecule has 0 radical (unpaired) electrons. The van der Waals surface area contributed by atoms with Gasteiger partial charge in [0, 0.05) is 29.7 Å². The second kappa shape index (κ2) is 6.09. The molecule has 2 rings (SSSR count). The monoisotopic (exact) mass is 338 g/mol. The van der Waals surface area contributed by atoms with Gasteiger partial charge in [-0.25, -0.2) is 0 Å². The van der Waals surface area contributed by atoms with E-state index in [2.05, 4.69) is 21.1 Å². The molecule has 1 aromatic carbocycles. The van der Waals surface area contributed by atoms with Crippen LogP contribution in [-0.4, -0.2) is 30.1 Å². The van der Waals surface area contributed by atoms with Gasteiger partial charge in [0.15, 0.2) is 0 Å². The van der Waals surface area contributed by atoms with Gasteiger partial charge in [0.2, 0.25) is 5.76 Å². The standard InChI is InChI=1S/C14H15BrN2O3/c1-9-6-13(20-16-9)14(18)17(2)8-10-7-11(15)4-5-12(10)19-3/h4-7H,8H2,1-3H3. The van der Waals surface area contributed by atoms with Gasteiger partial charge in [-0.3, -0.25) is 4.79 Å². The van der Waals surface area contributed by atoms with Crippen molar-refractivity contribution >= 4 is 21.8 Å². The number of hydrogen-bond acceptors (Lipinski definition) is 4. The molecule has 20 heavy (non-hydrogen) atoms. The first-order chi connectivity index (χ1) is 9.51. The van der Waals surface area contributed by atoms with Gasteiger partial charge in [0.25, 0.3) is 5.91 Å². The van der Waals surface area contributed by atoms with Gasteiger partial charge >= 0.3 is 0 Å². The highest BCUT2D eigenvalue weighted by atomic mass is 79.9. The van der Waals surface area contributed by atoms with Crippen molar-refractivity contribution in [2.24, 2.45) is 0 Å². The Morgan fingerprint density at radius 2 is 2.20 bits per heavy atom. The summed E-state index contributed by atoms with van der Waals surface area (Å²) >= 11 is 3.41. The number of aromatic nitrogens is 1. The summed E-state index contributed by atoms with van der Waals surface area (Å²) in [6.07, 6.45) is 0. The lowest BCUT2D eigenvalue weighted by molar-refractivity contribution is 0.0742. The van der Waals surface area contributed by atoms with Crippen molar-refractivity contribution in [2.45, 2.75) is 13.5 Å². The SMILES string of the molecule is COc1ccc(Br)cc1CN(C)C(=O)c1cc(C)no1. The molecule has 5 nitrogen and oxygen atoms in total. The molecule has 0 N–H and O–H groups in total. The summed E-state index contributed by atoms with van der Waals surface area (Å²) in [5.41, 5.74) is 1.59. The molecule has 1 heterocycles. The van der Waals surface area contributed by atoms with Crippen LogP contribution in [0.15, 0.2) is 33.3 Å². The van der Waals surface area contributed by atoms with Crippen LogP contribution < -0.4 is 4.74 Å². The van der Waals surface area contributed by atoms with Crippen LogP contribution >= 0.6 is 15.9 Å². The average Bonchev–Trinajstić information content (AvgIpc) is 2.84. The van der Waals surface area contributed by atoms with E-state index in [9.17, 15) is 4.79 Å². The van der Waals surface area contributed by atoms with Crippen LogP contribution in [-0.2, 0) is 6.54 Å². The van der Waals surface area contributed by atoms with Crippen LogP contribution in [0.25, 0.3) is 0 Å². The molecule has 106 valence electrons. The second-order valence-corrected chi connectivity index (χ2v) is 5.37. The fourth-order valence-electron chi connectivity index (χ4n) is 1.85. The van der Waals surface area contributed by atoms with Gasteiger partial charge in [0.05, 0.1) is 12.8 Å². The molecule has 0 aliphatic heterocycles. The number of rotatable bonds is 4. The Labute approximate surface area is 125 Å². The van der Waals surface area contributed by atoms with E-state index in [-0.39, 0.29) is 11.7 Å². The maximum Gasteiger partial charge on any atom is 0.292 e. The van der Waals surface area contributed by atoms with Crippen molar-refractivity contribution in [3.05, 3.63) is 45.8 Å². The summed E-state index contributed by atoms with van der Waals surface area (Å²) in [5, 5.41) is 3.72. The number of aryl methyl sites for hydroxylation is 1. The summed E-state index contributed by atoms with van der Waals surface area (Å²) in [7, 11) is 3.31. The molecule has 0 fully saturated rings. The van der Waals surface area contributed by atoms with Crippen LogP contribution in [0.2, 0.25) is 0 Å². The van der Waals surface area contributed by atoms with Gasteiger partial charge in [-0.15, -0.1) is 0 Å². The van der Waals surface area contributed by atoms with E-state index in [1.54, 1.807) is 32.0 Å². The van der Waals surface area contributed by atoms with Crippen LogP contribution in [0.4, 0.5) is 0 Å². The Balaban J connectivity index is 2.17. The first-order valence-electron chi connectivity index (χ1n) is 6.02. The minimum absolute atomic E-state index is 0.215. The number of methoxy groups -OCH3 is 1. The lowest BCUT2D eigenvalue weighted by Gasteiger charge is -2.17. The van der Waals surface area contributed by atoms with Crippen molar-refractivity contribution in [3.63, 3.8) is 0 Å². The van der Waals surface area contributed by atoms with Gasteiger partial charge in [0.1, 0.15) is 5.75 Å². The topological polar surface area (TPSA) is 55.6 Å². The quantitative estimate of drug-likeness (QED) is 0.859. The Bertz CT molecular complexity index is 625. The van der Waals surface area contributed by atoms with E-state index in [4.69, 9.17) is 9.26 Å². The molecular formula is C14H15BrN2O3. The van der Waals surface area contributed by atoms with E-state index in [1.165, 1.54) is 0 Å². The minimum atomic E-state index is -0.215. The molecule has 0 aliphatic rings. The molecule has 1 aromatic heterocycles. The van der Waals surface area contributed by atoms with Crippen molar-refractivity contribution in [3.8, 4) is 5.75 Å². The van der Waals surface area contributed by atoms with Crippen molar-refractivity contribution in [2.75, 3.05) is 14.2 Å². The number of amides is 1. The minimum Gasteiger partial charge on any atom is -0.496 e. The highest BCUT2D eigenvalue weighted by Crippen LogP contribution is 2.24. The molecule has 0 bridgehead atoms. The largest absolute Gasteiger partial charge is 0.496 e. The molecule has 0 aliphatic carbocycles. The van der Waals surface area contributed by atoms with Crippen LogP contribution in [0.1, 0.15) is 21.8 Å². The molecule has 6 heteroatoms. The summed E-state index contributed by atoms with van der Waals surface area (Å²) < 4.78 is 11.2. The molecule has 0 atom stereocenters. The van der Waals surface area contributed by atoms with Gasteiger partial charge in [-0.2, -0.15) is 0 Å². The van der Waals surface area contributed by atoms with E-state index < -0.39 is 0 Å². The number of carbonyl (C=O) groups excluding carboxylic acids is 1. The Hall–Kier alpha value is -1.82. The highest BCUT2D eigenvalue weighted by Gasteiger charge is 2.18. The van der Waals surface area contributed by atoms with Crippen molar-refractivity contribution in [1.82, 2.24) is 10.1 Å². The number of halogens is 1. The van der Waals surface area contributed by atoms with E-state index in [0.717, 1.165) is 15.8 Å². The zero-order valence-corrected chi connectivity index (χ0v) is 13.1. The molecule has 2 aromatic rings. The van der Waals surface area contributed by atoms with Gasteiger partial charge < -0.3 is 14.2 Å². The van der Waals surface area contributed by atoms with E-state index in [0.29, 0.717) is 12.2 Å². The second-order valence-electron chi connectivity index (χ2n) is 4.45. The zero-order chi connectivity index (χ0) is 14.7. The predicted molar refractivity (Wildman–Crippen MR) is 77.7 cm³/mol. The van der Waals surface area contributed by atoms with Crippen molar-refractivity contribution < 1.29 is 14.1 Å². The smallest absolute Gasteiger partial charge is 0.292 e. The number of benzene rings is 1.